The Balaban J connectivity index is 2.31. The number of aromatic nitrogens is 3. The fourth-order valence-electron chi connectivity index (χ4n) is 1.50. The van der Waals surface area contributed by atoms with E-state index in [0.717, 1.165) is 11.0 Å². The van der Waals surface area contributed by atoms with Crippen molar-refractivity contribution in [2.45, 2.75) is 19.9 Å². The number of hydrogen-bond donors (Lipinski definition) is 1. The van der Waals surface area contributed by atoms with E-state index >= 15 is 0 Å². The lowest BCUT2D eigenvalue weighted by atomic mass is 10.3. The summed E-state index contributed by atoms with van der Waals surface area (Å²) in [6, 6.07) is 0.230. The molecule has 0 aliphatic heterocycles. The number of nitrogens with zero attached hydrogens (tertiary/aromatic N) is 3. The Morgan fingerprint density at radius 3 is 2.87 bits per heavy atom. The molecule has 2 rings (SSSR count). The van der Waals surface area contributed by atoms with Crippen LogP contribution in [-0.4, -0.2) is 21.6 Å². The van der Waals surface area contributed by atoms with Gasteiger partial charge >= 0.3 is 0 Å². The number of aryl methyl sites for hydroxylation is 1. The van der Waals surface area contributed by atoms with Crippen molar-refractivity contribution in [3.05, 3.63) is 28.5 Å². The SMILES string of the molecule is CNc1nccn1C(C)c1ncc(C)s1. The first-order chi connectivity index (χ1) is 7.22. The van der Waals surface area contributed by atoms with Gasteiger partial charge in [0.1, 0.15) is 5.01 Å². The van der Waals surface area contributed by atoms with E-state index in [4.69, 9.17) is 0 Å². The second kappa shape index (κ2) is 4.02. The molecule has 1 N–H and O–H groups in total. The molecule has 2 heterocycles. The van der Waals surface area contributed by atoms with E-state index in [0.29, 0.717) is 0 Å². The van der Waals surface area contributed by atoms with Crippen LogP contribution in [-0.2, 0) is 0 Å². The molecule has 5 heteroatoms. The van der Waals surface area contributed by atoms with Crippen molar-refractivity contribution < 1.29 is 0 Å². The minimum Gasteiger partial charge on any atom is -0.359 e. The third kappa shape index (κ3) is 1.87. The van der Waals surface area contributed by atoms with E-state index in [-0.39, 0.29) is 6.04 Å². The maximum atomic E-state index is 4.39. The van der Waals surface area contributed by atoms with Crippen LogP contribution >= 0.6 is 11.3 Å². The van der Waals surface area contributed by atoms with Gasteiger partial charge in [-0.1, -0.05) is 0 Å². The van der Waals surface area contributed by atoms with Crippen molar-refractivity contribution in [3.63, 3.8) is 0 Å². The van der Waals surface area contributed by atoms with Crippen molar-refractivity contribution in [3.8, 4) is 0 Å². The summed E-state index contributed by atoms with van der Waals surface area (Å²) in [4.78, 5) is 9.84. The first-order valence-corrected chi connectivity index (χ1v) is 5.67. The molecule has 2 aromatic heterocycles. The van der Waals surface area contributed by atoms with Crippen LogP contribution in [0.15, 0.2) is 18.6 Å². The van der Waals surface area contributed by atoms with Crippen molar-refractivity contribution in [2.24, 2.45) is 0 Å². The highest BCUT2D eigenvalue weighted by Gasteiger charge is 2.13. The van der Waals surface area contributed by atoms with Crippen molar-refractivity contribution >= 4 is 17.3 Å². The standard InChI is InChI=1S/C10H14N4S/c1-7-6-13-9(15-7)8(2)14-5-4-12-10(14)11-3/h4-6,8H,1-3H3,(H,11,12). The zero-order chi connectivity index (χ0) is 10.8. The molecule has 0 saturated carbocycles. The predicted octanol–water partition coefficient (Wildman–Crippen LogP) is 2.30. The first kappa shape index (κ1) is 10.2. The van der Waals surface area contributed by atoms with Crippen molar-refractivity contribution in [2.75, 3.05) is 12.4 Å². The van der Waals surface area contributed by atoms with Gasteiger partial charge in [-0.15, -0.1) is 11.3 Å². The average Bonchev–Trinajstić information content (AvgIpc) is 2.84. The van der Waals surface area contributed by atoms with Crippen LogP contribution in [0.3, 0.4) is 0 Å². The van der Waals surface area contributed by atoms with Gasteiger partial charge in [0, 0.05) is 30.5 Å². The van der Waals surface area contributed by atoms with Crippen LogP contribution in [0.5, 0.6) is 0 Å². The lowest BCUT2D eigenvalue weighted by Crippen LogP contribution is -2.09. The Labute approximate surface area is 93.0 Å². The number of anilines is 1. The number of hydrogen-bond acceptors (Lipinski definition) is 4. The predicted molar refractivity (Wildman–Crippen MR) is 62.4 cm³/mol. The van der Waals surface area contributed by atoms with Gasteiger partial charge < -0.3 is 9.88 Å². The zero-order valence-electron chi connectivity index (χ0n) is 9.06. The maximum Gasteiger partial charge on any atom is 0.203 e. The smallest absolute Gasteiger partial charge is 0.203 e. The molecule has 0 aliphatic rings. The van der Waals surface area contributed by atoms with Gasteiger partial charge in [0.05, 0.1) is 6.04 Å². The van der Waals surface area contributed by atoms with Gasteiger partial charge in [0.25, 0.3) is 0 Å². The van der Waals surface area contributed by atoms with Gasteiger partial charge in [-0.25, -0.2) is 9.97 Å². The van der Waals surface area contributed by atoms with Crippen LogP contribution < -0.4 is 5.32 Å². The number of thiazole rings is 1. The fraction of sp³-hybridized carbons (Fsp3) is 0.400. The molecule has 0 amide bonds. The second-order valence-electron chi connectivity index (χ2n) is 3.39. The zero-order valence-corrected chi connectivity index (χ0v) is 9.88. The van der Waals surface area contributed by atoms with Gasteiger partial charge in [-0.2, -0.15) is 0 Å². The Bertz CT molecular complexity index is 446. The van der Waals surface area contributed by atoms with Gasteiger partial charge in [-0.3, -0.25) is 0 Å². The van der Waals surface area contributed by atoms with E-state index in [1.807, 2.05) is 19.4 Å². The van der Waals surface area contributed by atoms with Gasteiger partial charge in [0.2, 0.25) is 5.95 Å². The van der Waals surface area contributed by atoms with E-state index in [2.05, 4.69) is 33.7 Å². The first-order valence-electron chi connectivity index (χ1n) is 4.85. The van der Waals surface area contributed by atoms with E-state index in [9.17, 15) is 0 Å². The van der Waals surface area contributed by atoms with E-state index < -0.39 is 0 Å². The van der Waals surface area contributed by atoms with E-state index in [1.54, 1.807) is 17.5 Å². The monoisotopic (exact) mass is 222 g/mol. The van der Waals surface area contributed by atoms with Crippen LogP contribution in [0.1, 0.15) is 22.9 Å². The molecular weight excluding hydrogens is 208 g/mol. The fourth-order valence-corrected chi connectivity index (χ4v) is 2.33. The summed E-state index contributed by atoms with van der Waals surface area (Å²) in [6.07, 6.45) is 5.67. The summed E-state index contributed by atoms with van der Waals surface area (Å²) in [7, 11) is 1.87. The van der Waals surface area contributed by atoms with Crippen molar-refractivity contribution in [1.29, 1.82) is 0 Å². The molecule has 0 radical (unpaired) electrons. The molecule has 2 aromatic rings. The van der Waals surface area contributed by atoms with Crippen molar-refractivity contribution in [1.82, 2.24) is 14.5 Å². The highest BCUT2D eigenvalue weighted by Crippen LogP contribution is 2.24. The summed E-state index contributed by atoms with van der Waals surface area (Å²) in [5.74, 6) is 0.871. The lowest BCUT2D eigenvalue weighted by molar-refractivity contribution is 0.641. The average molecular weight is 222 g/mol. The Morgan fingerprint density at radius 2 is 2.27 bits per heavy atom. The number of rotatable bonds is 3. The topological polar surface area (TPSA) is 42.7 Å². The molecule has 0 aromatic carbocycles. The maximum absolute atomic E-state index is 4.39. The minimum absolute atomic E-state index is 0.230. The summed E-state index contributed by atoms with van der Waals surface area (Å²) in [6.45, 7) is 4.20. The van der Waals surface area contributed by atoms with Crippen LogP contribution in [0.2, 0.25) is 0 Å². The summed E-state index contributed by atoms with van der Waals surface area (Å²) in [5.41, 5.74) is 0. The highest BCUT2D eigenvalue weighted by atomic mass is 32.1. The summed E-state index contributed by atoms with van der Waals surface area (Å²) >= 11 is 1.73. The minimum atomic E-state index is 0.230. The largest absolute Gasteiger partial charge is 0.359 e. The van der Waals surface area contributed by atoms with E-state index in [1.165, 1.54) is 4.88 Å². The summed E-state index contributed by atoms with van der Waals surface area (Å²) in [5, 5.41) is 4.17. The Hall–Kier alpha value is -1.36. The molecule has 0 bridgehead atoms. The van der Waals surface area contributed by atoms with Crippen LogP contribution in [0.25, 0.3) is 0 Å². The molecule has 0 fully saturated rings. The van der Waals surface area contributed by atoms with Crippen LogP contribution in [0.4, 0.5) is 5.95 Å². The Morgan fingerprint density at radius 1 is 1.47 bits per heavy atom. The normalized spacial score (nSPS) is 12.7. The number of imidazole rings is 1. The molecule has 1 unspecified atom stereocenters. The molecule has 0 saturated heterocycles. The van der Waals surface area contributed by atoms with Gasteiger partial charge in [-0.05, 0) is 13.8 Å². The molecule has 0 spiro atoms. The molecule has 4 nitrogen and oxygen atoms in total. The molecule has 80 valence electrons. The quantitative estimate of drug-likeness (QED) is 0.866. The molecule has 15 heavy (non-hydrogen) atoms. The third-order valence-corrected chi connectivity index (χ3v) is 3.39. The highest BCUT2D eigenvalue weighted by molar-refractivity contribution is 7.11. The Kier molecular flexibility index (Phi) is 2.73. The van der Waals surface area contributed by atoms with Crippen LogP contribution in [0, 0.1) is 6.92 Å². The molecular formula is C10H14N4S. The van der Waals surface area contributed by atoms with Gasteiger partial charge in [0.15, 0.2) is 0 Å². The lowest BCUT2D eigenvalue weighted by Gasteiger charge is -2.13. The summed E-state index contributed by atoms with van der Waals surface area (Å²) < 4.78 is 2.08. The molecule has 0 aliphatic carbocycles. The second-order valence-corrected chi connectivity index (χ2v) is 4.66. The third-order valence-electron chi connectivity index (χ3n) is 2.31. The number of nitrogens with one attached hydrogen (secondary N) is 1. The molecule has 1 atom stereocenters.